The van der Waals surface area contributed by atoms with Crippen LogP contribution < -0.4 is 24.0 Å². The summed E-state index contributed by atoms with van der Waals surface area (Å²) in [5.74, 6) is -0.554. The molecular weight excluding hydrogens is 558 g/mol. The van der Waals surface area contributed by atoms with Crippen LogP contribution in [0.2, 0.25) is 0 Å². The van der Waals surface area contributed by atoms with Crippen LogP contribution in [-0.2, 0) is 0 Å². The number of hydrogen-bond donors (Lipinski definition) is 0. The first-order chi connectivity index (χ1) is 11.9. The maximum Gasteiger partial charge on any atom is 0.129 e. The predicted molar refractivity (Wildman–Crippen MR) is 110 cm³/mol. The standard InChI is InChI=1S/C21H25F2IN.HI/c1-25(2,16-24)13-5-3-4-12-21(17-8-6-10-19(22)14-17)18-9-7-11-20(23)15-18;/h6-12,14-15H,3-5,13,16H2,1-2H3;1H/q+1;/p-1. The summed E-state index contributed by atoms with van der Waals surface area (Å²) < 4.78 is 29.4. The van der Waals surface area contributed by atoms with E-state index < -0.39 is 0 Å². The Morgan fingerprint density at radius 1 is 0.962 bits per heavy atom. The molecule has 2 aromatic carbocycles. The van der Waals surface area contributed by atoms with Gasteiger partial charge in [-0.25, -0.2) is 8.78 Å². The molecule has 1 nitrogen and oxygen atoms in total. The Hall–Kier alpha value is -0.540. The minimum absolute atomic E-state index is 0. The van der Waals surface area contributed by atoms with Crippen molar-refractivity contribution in [3.8, 4) is 0 Å². The normalized spacial score (nSPS) is 11.0. The highest BCUT2D eigenvalue weighted by atomic mass is 127. The molecule has 0 aliphatic rings. The minimum Gasteiger partial charge on any atom is -1.00 e. The number of halogens is 4. The lowest BCUT2D eigenvalue weighted by Gasteiger charge is -2.26. The van der Waals surface area contributed by atoms with Gasteiger partial charge in [0.2, 0.25) is 0 Å². The van der Waals surface area contributed by atoms with Crippen LogP contribution in [0.15, 0.2) is 54.6 Å². The van der Waals surface area contributed by atoms with E-state index in [1.165, 1.54) is 24.3 Å². The van der Waals surface area contributed by atoms with Gasteiger partial charge < -0.3 is 28.5 Å². The molecule has 0 spiro atoms. The van der Waals surface area contributed by atoms with Gasteiger partial charge in [0.25, 0.3) is 0 Å². The second-order valence-electron chi connectivity index (χ2n) is 6.91. The summed E-state index contributed by atoms with van der Waals surface area (Å²) in [4.78, 5) is 0. The van der Waals surface area contributed by atoms with Gasteiger partial charge in [-0.05, 0) is 82.8 Å². The van der Waals surface area contributed by atoms with Gasteiger partial charge in [-0.2, -0.15) is 0 Å². The van der Waals surface area contributed by atoms with Crippen LogP contribution in [0, 0.1) is 11.6 Å². The van der Waals surface area contributed by atoms with E-state index in [1.807, 2.05) is 12.1 Å². The fraction of sp³-hybridized carbons (Fsp3) is 0.333. The van der Waals surface area contributed by atoms with Gasteiger partial charge in [0.05, 0.1) is 20.6 Å². The van der Waals surface area contributed by atoms with Crippen molar-refractivity contribution in [3.05, 3.63) is 77.4 Å². The number of hydrogen-bond acceptors (Lipinski definition) is 0. The molecule has 0 radical (unpaired) electrons. The van der Waals surface area contributed by atoms with Crippen molar-refractivity contribution in [2.45, 2.75) is 19.3 Å². The van der Waals surface area contributed by atoms with Crippen molar-refractivity contribution >= 4 is 28.2 Å². The number of allylic oxidation sites excluding steroid dienone is 1. The monoisotopic (exact) mass is 583 g/mol. The van der Waals surface area contributed by atoms with E-state index >= 15 is 0 Å². The number of alkyl halides is 1. The third kappa shape index (κ3) is 7.60. The molecule has 0 aliphatic heterocycles. The first-order valence-corrected chi connectivity index (χ1v) is 10.0. The number of nitrogens with zero attached hydrogens (tertiary/aromatic N) is 1. The van der Waals surface area contributed by atoms with Gasteiger partial charge in [-0.1, -0.05) is 30.3 Å². The van der Waals surface area contributed by atoms with Crippen LogP contribution >= 0.6 is 22.6 Å². The largest absolute Gasteiger partial charge is 1.00 e. The van der Waals surface area contributed by atoms with Crippen molar-refractivity contribution in [3.63, 3.8) is 0 Å². The van der Waals surface area contributed by atoms with E-state index in [0.717, 1.165) is 51.5 Å². The highest BCUT2D eigenvalue weighted by Gasteiger charge is 2.11. The summed E-state index contributed by atoms with van der Waals surface area (Å²) in [6.45, 7) is 1.13. The average Bonchev–Trinajstić information content (AvgIpc) is 2.58. The number of unbranched alkanes of at least 4 members (excludes halogenated alkanes) is 2. The Kier molecular flexibility index (Phi) is 10.2. The molecule has 0 bridgehead atoms. The predicted octanol–water partition coefficient (Wildman–Crippen LogP) is 3.04. The maximum absolute atomic E-state index is 13.6. The third-order valence-corrected chi connectivity index (χ3v) is 6.01. The van der Waals surface area contributed by atoms with Gasteiger partial charge in [0, 0.05) is 0 Å². The molecule has 0 saturated carbocycles. The molecule has 0 fully saturated rings. The molecule has 0 heterocycles. The Balaban J connectivity index is 0.00000338. The van der Waals surface area contributed by atoms with Gasteiger partial charge in [0.15, 0.2) is 0 Å². The van der Waals surface area contributed by atoms with E-state index in [0.29, 0.717) is 0 Å². The van der Waals surface area contributed by atoms with E-state index in [2.05, 4.69) is 42.8 Å². The Bertz CT molecular complexity index is 682. The van der Waals surface area contributed by atoms with Crippen LogP contribution in [-0.4, -0.2) is 29.7 Å². The Morgan fingerprint density at radius 3 is 1.96 bits per heavy atom. The molecule has 0 amide bonds. The SMILES string of the molecule is C[N+](C)(CI)CCCCC=C(c1cccc(F)c1)c1cccc(F)c1.[I-]. The zero-order valence-corrected chi connectivity index (χ0v) is 19.5. The van der Waals surface area contributed by atoms with Gasteiger partial charge in [-0.3, -0.25) is 0 Å². The fourth-order valence-electron chi connectivity index (χ4n) is 2.70. The molecule has 0 aromatic heterocycles. The number of quaternary nitrogens is 1. The van der Waals surface area contributed by atoms with Gasteiger partial charge in [0.1, 0.15) is 16.2 Å². The lowest BCUT2D eigenvalue weighted by Crippen LogP contribution is -3.00. The van der Waals surface area contributed by atoms with Crippen LogP contribution in [0.4, 0.5) is 8.78 Å². The molecular formula is C21H25F2I2N. The molecule has 0 atom stereocenters. The van der Waals surface area contributed by atoms with E-state index in [4.69, 9.17) is 0 Å². The summed E-state index contributed by atoms with van der Waals surface area (Å²) >= 11 is 2.41. The zero-order chi connectivity index (χ0) is 18.3. The van der Waals surface area contributed by atoms with Crippen molar-refractivity contribution in [1.29, 1.82) is 0 Å². The van der Waals surface area contributed by atoms with Crippen molar-refractivity contribution < 1.29 is 37.2 Å². The Labute approximate surface area is 186 Å². The number of rotatable bonds is 8. The first-order valence-electron chi connectivity index (χ1n) is 8.51. The zero-order valence-electron chi connectivity index (χ0n) is 15.2. The lowest BCUT2D eigenvalue weighted by atomic mass is 9.96. The second kappa shape index (κ2) is 11.3. The summed E-state index contributed by atoms with van der Waals surface area (Å²) in [5, 5.41) is 0. The van der Waals surface area contributed by atoms with Crippen molar-refractivity contribution in [2.75, 3.05) is 25.2 Å². The topological polar surface area (TPSA) is 0 Å². The fourth-order valence-corrected chi connectivity index (χ4v) is 3.05. The summed E-state index contributed by atoms with van der Waals surface area (Å²) in [7, 11) is 4.46. The third-order valence-electron chi connectivity index (χ3n) is 4.16. The quantitative estimate of drug-likeness (QED) is 0.148. The smallest absolute Gasteiger partial charge is 0.129 e. The summed E-state index contributed by atoms with van der Waals surface area (Å²) in [6, 6.07) is 13.0. The van der Waals surface area contributed by atoms with E-state index in [-0.39, 0.29) is 35.6 Å². The van der Waals surface area contributed by atoms with Crippen LogP contribution in [0.5, 0.6) is 0 Å². The molecule has 0 aliphatic carbocycles. The molecule has 0 N–H and O–H groups in total. The van der Waals surface area contributed by atoms with Crippen molar-refractivity contribution in [1.82, 2.24) is 0 Å². The molecule has 0 unspecified atom stereocenters. The lowest BCUT2D eigenvalue weighted by molar-refractivity contribution is -0.874. The van der Waals surface area contributed by atoms with Crippen molar-refractivity contribution in [2.24, 2.45) is 0 Å². The highest BCUT2D eigenvalue weighted by molar-refractivity contribution is 14.1. The van der Waals surface area contributed by atoms with E-state index in [1.54, 1.807) is 12.1 Å². The van der Waals surface area contributed by atoms with Crippen LogP contribution in [0.25, 0.3) is 5.57 Å². The molecule has 26 heavy (non-hydrogen) atoms. The van der Waals surface area contributed by atoms with E-state index in [9.17, 15) is 8.78 Å². The molecule has 2 rings (SSSR count). The second-order valence-corrected chi connectivity index (χ2v) is 7.60. The molecule has 142 valence electrons. The van der Waals surface area contributed by atoms with Crippen LogP contribution in [0.1, 0.15) is 30.4 Å². The molecule has 5 heteroatoms. The first kappa shape index (κ1) is 23.5. The number of benzene rings is 2. The maximum atomic E-state index is 13.6. The minimum atomic E-state index is -0.277. The summed E-state index contributed by atoms with van der Waals surface area (Å²) in [6.07, 6.45) is 5.19. The van der Waals surface area contributed by atoms with Crippen LogP contribution in [0.3, 0.4) is 0 Å². The molecule has 0 saturated heterocycles. The van der Waals surface area contributed by atoms with Gasteiger partial charge in [-0.15, -0.1) is 0 Å². The average molecular weight is 583 g/mol. The highest BCUT2D eigenvalue weighted by Crippen LogP contribution is 2.25. The molecule has 2 aromatic rings. The Morgan fingerprint density at radius 2 is 1.50 bits per heavy atom. The van der Waals surface area contributed by atoms with Gasteiger partial charge >= 0.3 is 0 Å². The summed E-state index contributed by atoms with van der Waals surface area (Å²) in [5.41, 5.74) is 2.46.